The van der Waals surface area contributed by atoms with Gasteiger partial charge < -0.3 is 10.1 Å². The molecule has 92 valence electrons. The summed E-state index contributed by atoms with van der Waals surface area (Å²) in [6, 6.07) is 2.23. The van der Waals surface area contributed by atoms with Crippen LogP contribution < -0.4 is 5.32 Å². The van der Waals surface area contributed by atoms with E-state index in [0.29, 0.717) is 0 Å². The predicted octanol–water partition coefficient (Wildman–Crippen LogP) is 2.94. The summed E-state index contributed by atoms with van der Waals surface area (Å²) in [6.07, 6.45) is 3.76. The van der Waals surface area contributed by atoms with E-state index in [4.69, 9.17) is 4.74 Å². The van der Waals surface area contributed by atoms with Crippen LogP contribution in [0.1, 0.15) is 25.3 Å². The van der Waals surface area contributed by atoms with Gasteiger partial charge >= 0.3 is 0 Å². The van der Waals surface area contributed by atoms with Crippen molar-refractivity contribution in [2.24, 2.45) is 5.92 Å². The van der Waals surface area contributed by atoms with E-state index in [2.05, 4.69) is 29.1 Å². The summed E-state index contributed by atoms with van der Waals surface area (Å²) in [4.78, 5) is 0. The quantitative estimate of drug-likeness (QED) is 0.671. The second-order valence-electron chi connectivity index (χ2n) is 4.14. The van der Waals surface area contributed by atoms with E-state index in [-0.39, 0.29) is 0 Å². The summed E-state index contributed by atoms with van der Waals surface area (Å²) in [6.45, 7) is 5.16. The van der Waals surface area contributed by atoms with Crippen molar-refractivity contribution in [3.05, 3.63) is 22.4 Å². The second-order valence-corrected chi connectivity index (χ2v) is 4.92. The van der Waals surface area contributed by atoms with Gasteiger partial charge in [0.05, 0.1) is 6.61 Å². The lowest BCUT2D eigenvalue weighted by atomic mass is 9.98. The summed E-state index contributed by atoms with van der Waals surface area (Å²) in [7, 11) is 1.75. The van der Waals surface area contributed by atoms with Gasteiger partial charge in [-0.25, -0.2) is 0 Å². The van der Waals surface area contributed by atoms with Crippen molar-refractivity contribution in [1.29, 1.82) is 0 Å². The maximum Gasteiger partial charge on any atom is 0.0587 e. The van der Waals surface area contributed by atoms with Crippen LogP contribution in [0.4, 0.5) is 0 Å². The van der Waals surface area contributed by atoms with E-state index in [1.54, 1.807) is 18.4 Å². The number of aryl methyl sites for hydroxylation is 1. The van der Waals surface area contributed by atoms with Crippen LogP contribution in [0.5, 0.6) is 0 Å². The van der Waals surface area contributed by atoms with Gasteiger partial charge in [-0.3, -0.25) is 0 Å². The SMILES string of the molecule is CCC(CCc1ccsc1)CNCCOC. The highest BCUT2D eigenvalue weighted by Crippen LogP contribution is 2.14. The van der Waals surface area contributed by atoms with Crippen LogP contribution in [0, 0.1) is 5.92 Å². The third-order valence-electron chi connectivity index (χ3n) is 2.91. The number of hydrogen-bond donors (Lipinski definition) is 1. The Morgan fingerprint density at radius 3 is 3.00 bits per heavy atom. The van der Waals surface area contributed by atoms with Crippen LogP contribution in [-0.4, -0.2) is 26.8 Å². The third kappa shape index (κ3) is 5.64. The van der Waals surface area contributed by atoms with Gasteiger partial charge in [0.15, 0.2) is 0 Å². The first-order valence-electron chi connectivity index (χ1n) is 6.07. The number of nitrogens with one attached hydrogen (secondary N) is 1. The molecule has 0 spiro atoms. The van der Waals surface area contributed by atoms with E-state index in [1.165, 1.54) is 24.8 Å². The van der Waals surface area contributed by atoms with Crippen molar-refractivity contribution in [3.8, 4) is 0 Å². The lowest BCUT2D eigenvalue weighted by Gasteiger charge is -2.15. The Bertz CT molecular complexity index is 248. The fourth-order valence-electron chi connectivity index (χ4n) is 1.74. The Hall–Kier alpha value is -0.380. The van der Waals surface area contributed by atoms with Gasteiger partial charge in [0.25, 0.3) is 0 Å². The first kappa shape index (κ1) is 13.7. The van der Waals surface area contributed by atoms with Crippen molar-refractivity contribution in [2.45, 2.75) is 26.2 Å². The van der Waals surface area contributed by atoms with Crippen molar-refractivity contribution < 1.29 is 4.74 Å². The Kier molecular flexibility index (Phi) is 7.47. The highest BCUT2D eigenvalue weighted by atomic mass is 32.1. The monoisotopic (exact) mass is 241 g/mol. The number of rotatable bonds is 9. The lowest BCUT2D eigenvalue weighted by molar-refractivity contribution is 0.197. The molecule has 16 heavy (non-hydrogen) atoms. The third-order valence-corrected chi connectivity index (χ3v) is 3.65. The molecule has 0 aliphatic rings. The van der Waals surface area contributed by atoms with Crippen molar-refractivity contribution in [1.82, 2.24) is 5.32 Å². The van der Waals surface area contributed by atoms with Gasteiger partial charge in [0.2, 0.25) is 0 Å². The van der Waals surface area contributed by atoms with Gasteiger partial charge in [-0.15, -0.1) is 0 Å². The predicted molar refractivity (Wildman–Crippen MR) is 71.2 cm³/mol. The number of ether oxygens (including phenoxy) is 1. The standard InChI is InChI=1S/C13H23NOS/c1-3-12(10-14-7-8-15-2)4-5-13-6-9-16-11-13/h6,9,11-12,14H,3-5,7-8,10H2,1-2H3. The van der Waals surface area contributed by atoms with E-state index >= 15 is 0 Å². The highest BCUT2D eigenvalue weighted by Gasteiger charge is 2.06. The van der Waals surface area contributed by atoms with Gasteiger partial charge in [0.1, 0.15) is 0 Å². The van der Waals surface area contributed by atoms with Crippen LogP contribution in [0.2, 0.25) is 0 Å². The minimum Gasteiger partial charge on any atom is -0.383 e. The number of hydrogen-bond acceptors (Lipinski definition) is 3. The Labute approximate surface area is 103 Å². The summed E-state index contributed by atoms with van der Waals surface area (Å²) in [5.41, 5.74) is 1.49. The van der Waals surface area contributed by atoms with E-state index < -0.39 is 0 Å². The topological polar surface area (TPSA) is 21.3 Å². The molecule has 1 rings (SSSR count). The van der Waals surface area contributed by atoms with E-state index in [0.717, 1.165) is 25.6 Å². The minimum absolute atomic E-state index is 0.789. The zero-order valence-electron chi connectivity index (χ0n) is 10.4. The molecule has 0 amide bonds. The molecule has 1 heterocycles. The molecule has 0 aromatic carbocycles. The van der Waals surface area contributed by atoms with Crippen molar-refractivity contribution in [3.63, 3.8) is 0 Å². The normalized spacial score (nSPS) is 12.9. The summed E-state index contributed by atoms with van der Waals surface area (Å²) >= 11 is 1.79. The van der Waals surface area contributed by atoms with Gasteiger partial charge in [-0.1, -0.05) is 13.3 Å². The molecule has 2 nitrogen and oxygen atoms in total. The molecular weight excluding hydrogens is 218 g/mol. The Balaban J connectivity index is 2.11. The Morgan fingerprint density at radius 2 is 2.38 bits per heavy atom. The largest absolute Gasteiger partial charge is 0.383 e. The lowest BCUT2D eigenvalue weighted by Crippen LogP contribution is -2.26. The van der Waals surface area contributed by atoms with Crippen LogP contribution >= 0.6 is 11.3 Å². The van der Waals surface area contributed by atoms with Crippen LogP contribution in [-0.2, 0) is 11.2 Å². The second kappa shape index (κ2) is 8.74. The fraction of sp³-hybridized carbons (Fsp3) is 0.692. The number of thiophene rings is 1. The van der Waals surface area contributed by atoms with Crippen LogP contribution in [0.25, 0.3) is 0 Å². The first-order chi connectivity index (χ1) is 7.86. The summed E-state index contributed by atoms with van der Waals surface area (Å²) < 4.78 is 5.02. The molecule has 3 heteroatoms. The molecule has 0 fully saturated rings. The molecule has 1 aromatic heterocycles. The van der Waals surface area contributed by atoms with Crippen LogP contribution in [0.15, 0.2) is 16.8 Å². The molecule has 1 N–H and O–H groups in total. The van der Waals surface area contributed by atoms with E-state index in [9.17, 15) is 0 Å². The van der Waals surface area contributed by atoms with Gasteiger partial charge in [0, 0.05) is 13.7 Å². The molecule has 1 atom stereocenters. The summed E-state index contributed by atoms with van der Waals surface area (Å²) in [5.74, 6) is 0.789. The average Bonchev–Trinajstić information content (AvgIpc) is 2.81. The molecule has 1 aromatic rings. The van der Waals surface area contributed by atoms with Crippen molar-refractivity contribution >= 4 is 11.3 Å². The molecule has 1 unspecified atom stereocenters. The minimum atomic E-state index is 0.789. The average molecular weight is 241 g/mol. The fourth-order valence-corrected chi connectivity index (χ4v) is 2.44. The zero-order valence-corrected chi connectivity index (χ0v) is 11.2. The first-order valence-corrected chi connectivity index (χ1v) is 7.01. The number of methoxy groups -OCH3 is 1. The molecule has 0 saturated heterocycles. The van der Waals surface area contributed by atoms with Crippen molar-refractivity contribution in [2.75, 3.05) is 26.8 Å². The molecule has 0 bridgehead atoms. The van der Waals surface area contributed by atoms with Gasteiger partial charge in [-0.05, 0) is 47.7 Å². The zero-order chi connectivity index (χ0) is 11.6. The molecule has 0 aliphatic heterocycles. The van der Waals surface area contributed by atoms with Gasteiger partial charge in [-0.2, -0.15) is 11.3 Å². The maximum absolute atomic E-state index is 5.02. The maximum atomic E-state index is 5.02. The van der Waals surface area contributed by atoms with Crippen LogP contribution in [0.3, 0.4) is 0 Å². The Morgan fingerprint density at radius 1 is 1.50 bits per heavy atom. The summed E-state index contributed by atoms with van der Waals surface area (Å²) in [5, 5.41) is 7.86. The molecule has 0 saturated carbocycles. The smallest absolute Gasteiger partial charge is 0.0587 e. The highest BCUT2D eigenvalue weighted by molar-refractivity contribution is 7.07. The molecular formula is C13H23NOS. The molecule has 0 aliphatic carbocycles. The van der Waals surface area contributed by atoms with E-state index in [1.807, 2.05) is 0 Å². The molecule has 0 radical (unpaired) electrons.